The smallest absolute Gasteiger partial charge is 0.231 e. The van der Waals surface area contributed by atoms with Gasteiger partial charge in [-0.25, -0.2) is 0 Å². The van der Waals surface area contributed by atoms with Gasteiger partial charge in [0.25, 0.3) is 0 Å². The van der Waals surface area contributed by atoms with Crippen molar-refractivity contribution in [1.29, 1.82) is 0 Å². The predicted molar refractivity (Wildman–Crippen MR) is 69.1 cm³/mol. The topological polar surface area (TPSA) is 43.4 Å². The normalized spacial score (nSPS) is 12.5. The molecule has 0 aliphatic carbocycles. The molecule has 18 heavy (non-hydrogen) atoms. The minimum Gasteiger partial charge on any atom is -0.454 e. The molecule has 1 aromatic heterocycles. The number of hydrogen-bond acceptors (Lipinski definition) is 4. The van der Waals surface area contributed by atoms with Crippen LogP contribution in [0.2, 0.25) is 5.02 Å². The number of aromatic nitrogens is 1. The first-order valence-corrected chi connectivity index (χ1v) is 5.92. The number of rotatable bonds is 3. The Morgan fingerprint density at radius 1 is 1.22 bits per heavy atom. The molecule has 0 saturated heterocycles. The van der Waals surface area contributed by atoms with E-state index >= 15 is 0 Å². The summed E-state index contributed by atoms with van der Waals surface area (Å²) in [5.74, 6) is 1.57. The summed E-state index contributed by atoms with van der Waals surface area (Å²) >= 11 is 6.04. The average molecular weight is 263 g/mol. The molecule has 1 aromatic carbocycles. The van der Waals surface area contributed by atoms with Crippen LogP contribution in [-0.4, -0.2) is 11.8 Å². The highest BCUT2D eigenvalue weighted by atomic mass is 35.5. The van der Waals surface area contributed by atoms with E-state index in [0.29, 0.717) is 18.4 Å². The van der Waals surface area contributed by atoms with Crippen molar-refractivity contribution in [3.63, 3.8) is 0 Å². The zero-order chi connectivity index (χ0) is 12.4. The standard InChI is InChI=1S/C13H11ClN2O2/c14-10-3-4-15-7-11(10)16-6-9-1-2-12-13(5-9)18-8-17-12/h1-5,7,16H,6,8H2. The van der Waals surface area contributed by atoms with Crippen LogP contribution < -0.4 is 14.8 Å². The highest BCUT2D eigenvalue weighted by molar-refractivity contribution is 6.33. The monoisotopic (exact) mass is 262 g/mol. The van der Waals surface area contributed by atoms with Crippen molar-refractivity contribution in [2.75, 3.05) is 12.1 Å². The third kappa shape index (κ3) is 2.19. The van der Waals surface area contributed by atoms with Crippen molar-refractivity contribution < 1.29 is 9.47 Å². The van der Waals surface area contributed by atoms with Crippen molar-refractivity contribution >= 4 is 17.3 Å². The first kappa shape index (κ1) is 11.2. The molecule has 2 heterocycles. The Morgan fingerprint density at radius 2 is 2.11 bits per heavy atom. The van der Waals surface area contributed by atoms with Crippen LogP contribution in [0.4, 0.5) is 5.69 Å². The fourth-order valence-electron chi connectivity index (χ4n) is 1.76. The molecule has 0 amide bonds. The second-order valence-electron chi connectivity index (χ2n) is 3.90. The van der Waals surface area contributed by atoms with Crippen molar-refractivity contribution in [3.05, 3.63) is 47.2 Å². The predicted octanol–water partition coefficient (Wildman–Crippen LogP) is 3.08. The second kappa shape index (κ2) is 4.74. The Kier molecular flexibility index (Phi) is 2.94. The van der Waals surface area contributed by atoms with Crippen LogP contribution in [-0.2, 0) is 6.54 Å². The number of pyridine rings is 1. The Labute approximate surface area is 110 Å². The molecule has 0 saturated carbocycles. The van der Waals surface area contributed by atoms with Gasteiger partial charge >= 0.3 is 0 Å². The van der Waals surface area contributed by atoms with E-state index in [2.05, 4.69) is 10.3 Å². The van der Waals surface area contributed by atoms with Crippen molar-refractivity contribution in [3.8, 4) is 11.5 Å². The van der Waals surface area contributed by atoms with Gasteiger partial charge in [-0.3, -0.25) is 4.98 Å². The summed E-state index contributed by atoms with van der Waals surface area (Å²) in [4.78, 5) is 4.02. The molecule has 1 N–H and O–H groups in total. The maximum Gasteiger partial charge on any atom is 0.231 e. The van der Waals surface area contributed by atoms with Crippen LogP contribution in [0.5, 0.6) is 11.5 Å². The first-order valence-electron chi connectivity index (χ1n) is 5.55. The number of hydrogen-bond donors (Lipinski definition) is 1. The molecule has 0 bridgehead atoms. The molecule has 0 atom stereocenters. The fraction of sp³-hybridized carbons (Fsp3) is 0.154. The molecule has 1 aliphatic rings. The van der Waals surface area contributed by atoms with Gasteiger partial charge in [-0.15, -0.1) is 0 Å². The summed E-state index contributed by atoms with van der Waals surface area (Å²) in [5.41, 5.74) is 1.91. The Morgan fingerprint density at radius 3 is 3.00 bits per heavy atom. The summed E-state index contributed by atoms with van der Waals surface area (Å²) in [6.45, 7) is 0.947. The summed E-state index contributed by atoms with van der Waals surface area (Å²) in [6.07, 6.45) is 3.36. The van der Waals surface area contributed by atoms with E-state index in [4.69, 9.17) is 21.1 Å². The van der Waals surface area contributed by atoms with E-state index in [0.717, 1.165) is 22.7 Å². The quantitative estimate of drug-likeness (QED) is 0.923. The van der Waals surface area contributed by atoms with Gasteiger partial charge in [-0.1, -0.05) is 17.7 Å². The lowest BCUT2D eigenvalue weighted by Gasteiger charge is -2.08. The number of nitrogens with one attached hydrogen (secondary N) is 1. The van der Waals surface area contributed by atoms with E-state index in [-0.39, 0.29) is 0 Å². The van der Waals surface area contributed by atoms with Gasteiger partial charge in [0.2, 0.25) is 6.79 Å². The second-order valence-corrected chi connectivity index (χ2v) is 4.30. The number of ether oxygens (including phenoxy) is 2. The lowest BCUT2D eigenvalue weighted by Crippen LogP contribution is -2.00. The van der Waals surface area contributed by atoms with E-state index in [1.165, 1.54) is 0 Å². The highest BCUT2D eigenvalue weighted by Gasteiger charge is 2.13. The number of fused-ring (bicyclic) bond motifs is 1. The van der Waals surface area contributed by atoms with Crippen LogP contribution in [0.3, 0.4) is 0 Å². The van der Waals surface area contributed by atoms with Gasteiger partial charge in [0.15, 0.2) is 11.5 Å². The number of nitrogens with zero attached hydrogens (tertiary/aromatic N) is 1. The van der Waals surface area contributed by atoms with Gasteiger partial charge in [0, 0.05) is 12.7 Å². The minimum atomic E-state index is 0.292. The minimum absolute atomic E-state index is 0.292. The largest absolute Gasteiger partial charge is 0.454 e. The van der Waals surface area contributed by atoms with Gasteiger partial charge in [0.05, 0.1) is 16.9 Å². The molecule has 4 nitrogen and oxygen atoms in total. The molecule has 92 valence electrons. The van der Waals surface area contributed by atoms with Gasteiger partial charge in [0.1, 0.15) is 0 Å². The van der Waals surface area contributed by atoms with Crippen molar-refractivity contribution in [1.82, 2.24) is 4.98 Å². The maximum absolute atomic E-state index is 6.04. The van der Waals surface area contributed by atoms with Crippen molar-refractivity contribution in [2.24, 2.45) is 0 Å². The van der Waals surface area contributed by atoms with E-state index in [9.17, 15) is 0 Å². The van der Waals surface area contributed by atoms with Gasteiger partial charge in [-0.05, 0) is 23.8 Å². The summed E-state index contributed by atoms with van der Waals surface area (Å²) in [6, 6.07) is 7.61. The lowest BCUT2D eigenvalue weighted by molar-refractivity contribution is 0.174. The van der Waals surface area contributed by atoms with E-state index < -0.39 is 0 Å². The average Bonchev–Trinajstić information content (AvgIpc) is 2.85. The Bertz CT molecular complexity index is 575. The number of anilines is 1. The van der Waals surface area contributed by atoms with E-state index in [1.807, 2.05) is 18.2 Å². The number of halogens is 1. The molecule has 0 unspecified atom stereocenters. The molecule has 2 aromatic rings. The molecule has 5 heteroatoms. The van der Waals surface area contributed by atoms with Crippen LogP contribution in [0.25, 0.3) is 0 Å². The zero-order valence-electron chi connectivity index (χ0n) is 9.52. The first-order chi connectivity index (χ1) is 8.83. The van der Waals surface area contributed by atoms with E-state index in [1.54, 1.807) is 18.5 Å². The molecular weight excluding hydrogens is 252 g/mol. The summed E-state index contributed by atoms with van der Waals surface area (Å²) < 4.78 is 10.6. The maximum atomic E-state index is 6.04. The lowest BCUT2D eigenvalue weighted by atomic mass is 10.2. The molecule has 1 aliphatic heterocycles. The zero-order valence-corrected chi connectivity index (χ0v) is 10.3. The summed E-state index contributed by atoms with van der Waals surface area (Å²) in [5, 5.41) is 3.89. The summed E-state index contributed by atoms with van der Waals surface area (Å²) in [7, 11) is 0. The third-order valence-electron chi connectivity index (χ3n) is 2.69. The fourth-order valence-corrected chi connectivity index (χ4v) is 1.93. The van der Waals surface area contributed by atoms with Crippen LogP contribution in [0.1, 0.15) is 5.56 Å². The van der Waals surface area contributed by atoms with Gasteiger partial charge < -0.3 is 14.8 Å². The molecule has 0 radical (unpaired) electrons. The SMILES string of the molecule is Clc1ccncc1NCc1ccc2c(c1)OCO2. The Balaban J connectivity index is 1.72. The van der Waals surface area contributed by atoms with Gasteiger partial charge in [-0.2, -0.15) is 0 Å². The van der Waals surface area contributed by atoms with Crippen LogP contribution in [0.15, 0.2) is 36.7 Å². The van der Waals surface area contributed by atoms with Crippen molar-refractivity contribution in [2.45, 2.75) is 6.54 Å². The Hall–Kier alpha value is -1.94. The third-order valence-corrected chi connectivity index (χ3v) is 3.02. The van der Waals surface area contributed by atoms with Crippen LogP contribution >= 0.6 is 11.6 Å². The molecule has 3 rings (SSSR count). The number of benzene rings is 1. The van der Waals surface area contributed by atoms with Crippen LogP contribution in [0, 0.1) is 0 Å². The molecule has 0 fully saturated rings. The molecule has 0 spiro atoms. The molecular formula is C13H11ClN2O2. The highest BCUT2D eigenvalue weighted by Crippen LogP contribution is 2.32.